The molecule has 2 fully saturated rings. The molecule has 3 heterocycles. The number of aromatic hydroxyl groups is 1. The third-order valence-corrected chi connectivity index (χ3v) is 6.41. The summed E-state index contributed by atoms with van der Waals surface area (Å²) < 4.78 is 75.2. The summed E-state index contributed by atoms with van der Waals surface area (Å²) >= 11 is 0. The molecule has 0 radical (unpaired) electrons. The molecule has 1 saturated carbocycles. The van der Waals surface area contributed by atoms with E-state index in [9.17, 15) is 27.1 Å². The van der Waals surface area contributed by atoms with Gasteiger partial charge in [0.2, 0.25) is 5.95 Å². The number of rotatable bonds is 3. The van der Waals surface area contributed by atoms with Crippen LogP contribution in [0, 0.1) is 11.6 Å². The van der Waals surface area contributed by atoms with Gasteiger partial charge in [-0.25, -0.2) is 18.4 Å². The standard InChI is InChI=1S/C21H20F5N5O2/c1-31-18-12(9-27-19(29-18)28-10-3-6-33-20(8-10)4-2-5-20)16(30-31)11-7-13(21(24,25)26)15(23)17(32)14(11)22/h7,9-10,32H,2-6,8H2,1H3,(H,27,28,29). The summed E-state index contributed by atoms with van der Waals surface area (Å²) in [4.78, 5) is 8.64. The maximum absolute atomic E-state index is 14.6. The largest absolute Gasteiger partial charge is 0.503 e. The van der Waals surface area contributed by atoms with Gasteiger partial charge in [-0.05, 0) is 38.2 Å². The molecule has 176 valence electrons. The van der Waals surface area contributed by atoms with E-state index in [2.05, 4.69) is 20.4 Å². The number of fused-ring (bicyclic) bond motifs is 1. The summed E-state index contributed by atoms with van der Waals surface area (Å²) in [6.07, 6.45) is 0.963. The molecule has 2 aromatic heterocycles. The Balaban J connectivity index is 1.51. The zero-order valence-electron chi connectivity index (χ0n) is 17.5. The number of halogens is 5. The van der Waals surface area contributed by atoms with Crippen LogP contribution in [0.2, 0.25) is 0 Å². The molecule has 0 amide bonds. The third kappa shape index (κ3) is 3.65. The first-order chi connectivity index (χ1) is 15.6. The predicted octanol–water partition coefficient (Wildman–Crippen LogP) is 4.55. The van der Waals surface area contributed by atoms with Crippen molar-refractivity contribution in [3.8, 4) is 17.0 Å². The van der Waals surface area contributed by atoms with Gasteiger partial charge in [-0.15, -0.1) is 0 Å². The highest BCUT2D eigenvalue weighted by Gasteiger charge is 2.43. The fourth-order valence-corrected chi connectivity index (χ4v) is 4.56. The summed E-state index contributed by atoms with van der Waals surface area (Å²) in [7, 11) is 1.49. The van der Waals surface area contributed by atoms with Crippen LogP contribution < -0.4 is 5.32 Å². The highest BCUT2D eigenvalue weighted by Crippen LogP contribution is 2.43. The van der Waals surface area contributed by atoms with E-state index < -0.39 is 34.7 Å². The number of anilines is 1. The van der Waals surface area contributed by atoms with Gasteiger partial charge in [0.1, 0.15) is 5.69 Å². The Bertz CT molecular complexity index is 1240. The van der Waals surface area contributed by atoms with Gasteiger partial charge in [-0.1, -0.05) is 0 Å². The van der Waals surface area contributed by atoms with Crippen molar-refractivity contribution >= 4 is 17.0 Å². The molecule has 33 heavy (non-hydrogen) atoms. The highest BCUT2D eigenvalue weighted by atomic mass is 19.4. The highest BCUT2D eigenvalue weighted by molar-refractivity contribution is 5.91. The van der Waals surface area contributed by atoms with E-state index in [4.69, 9.17) is 4.74 Å². The zero-order valence-corrected chi connectivity index (χ0v) is 17.5. The van der Waals surface area contributed by atoms with Gasteiger partial charge in [0, 0.05) is 31.5 Å². The molecule has 2 aliphatic rings. The lowest BCUT2D eigenvalue weighted by molar-refractivity contribution is -0.140. The van der Waals surface area contributed by atoms with E-state index in [1.807, 2.05) is 0 Å². The number of phenolic OH excluding ortho intramolecular Hbond substituents is 1. The number of hydrogen-bond acceptors (Lipinski definition) is 6. The Kier molecular flexibility index (Phi) is 4.96. The summed E-state index contributed by atoms with van der Waals surface area (Å²) in [5.74, 6) is -5.04. The molecular weight excluding hydrogens is 449 g/mol. The molecule has 12 heteroatoms. The van der Waals surface area contributed by atoms with Gasteiger partial charge in [-0.3, -0.25) is 0 Å². The second-order valence-corrected chi connectivity index (χ2v) is 8.57. The van der Waals surface area contributed by atoms with Gasteiger partial charge in [0.05, 0.1) is 16.6 Å². The molecule has 2 N–H and O–H groups in total. The number of nitrogens with one attached hydrogen (secondary N) is 1. The van der Waals surface area contributed by atoms with Gasteiger partial charge in [-0.2, -0.15) is 23.3 Å². The monoisotopic (exact) mass is 469 g/mol. The quantitative estimate of drug-likeness (QED) is 0.548. The first-order valence-electron chi connectivity index (χ1n) is 10.5. The van der Waals surface area contributed by atoms with Crippen LogP contribution in [0.25, 0.3) is 22.3 Å². The number of ether oxygens (including phenoxy) is 1. The number of aryl methyl sites for hydroxylation is 1. The SMILES string of the molecule is Cn1nc(-c2cc(C(F)(F)F)c(F)c(O)c2F)c2cnc(NC3CCOC4(CCC4)C3)nc21. The van der Waals surface area contributed by atoms with E-state index in [0.29, 0.717) is 18.6 Å². The van der Waals surface area contributed by atoms with Crippen molar-refractivity contribution in [3.05, 3.63) is 29.5 Å². The van der Waals surface area contributed by atoms with Crippen molar-refractivity contribution in [3.63, 3.8) is 0 Å². The maximum atomic E-state index is 14.6. The minimum absolute atomic E-state index is 0.0853. The Morgan fingerprint density at radius 1 is 1.24 bits per heavy atom. The molecule has 1 atom stereocenters. The molecule has 1 aromatic carbocycles. The van der Waals surface area contributed by atoms with Crippen molar-refractivity contribution < 1.29 is 31.8 Å². The molecule has 1 aliphatic heterocycles. The number of benzene rings is 1. The van der Waals surface area contributed by atoms with Gasteiger partial charge in [0.25, 0.3) is 0 Å². The first-order valence-corrected chi connectivity index (χ1v) is 10.5. The second kappa shape index (κ2) is 7.51. The average Bonchev–Trinajstić information content (AvgIpc) is 3.06. The van der Waals surface area contributed by atoms with Crippen LogP contribution in [-0.2, 0) is 18.0 Å². The van der Waals surface area contributed by atoms with Gasteiger partial charge in [0.15, 0.2) is 23.0 Å². The normalized spacial score (nSPS) is 20.2. The molecule has 1 saturated heterocycles. The Morgan fingerprint density at radius 3 is 2.67 bits per heavy atom. The number of alkyl halides is 3. The van der Waals surface area contributed by atoms with Crippen LogP contribution in [0.15, 0.2) is 12.3 Å². The van der Waals surface area contributed by atoms with E-state index in [1.54, 1.807) is 0 Å². The Labute approximate surface area is 184 Å². The summed E-state index contributed by atoms with van der Waals surface area (Å²) in [5.41, 5.74) is -2.58. The number of phenols is 1. The molecule has 5 rings (SSSR count). The van der Waals surface area contributed by atoms with Crippen LogP contribution in [0.4, 0.5) is 27.9 Å². The first kappa shape index (κ1) is 21.8. The van der Waals surface area contributed by atoms with Crippen LogP contribution in [0.5, 0.6) is 5.75 Å². The molecular formula is C21H20F5N5O2. The molecule has 7 nitrogen and oxygen atoms in total. The molecule has 1 aliphatic carbocycles. The van der Waals surface area contributed by atoms with Crippen LogP contribution in [0.3, 0.4) is 0 Å². The lowest BCUT2D eigenvalue weighted by Gasteiger charge is -2.47. The van der Waals surface area contributed by atoms with Crippen molar-refractivity contribution in [2.24, 2.45) is 7.05 Å². The van der Waals surface area contributed by atoms with Crippen molar-refractivity contribution in [2.45, 2.75) is 49.9 Å². The van der Waals surface area contributed by atoms with Crippen molar-refractivity contribution in [2.75, 3.05) is 11.9 Å². The molecule has 1 spiro atoms. The van der Waals surface area contributed by atoms with Crippen LogP contribution in [-0.4, -0.2) is 43.1 Å². The predicted molar refractivity (Wildman–Crippen MR) is 108 cm³/mol. The van der Waals surface area contributed by atoms with Gasteiger partial charge >= 0.3 is 6.18 Å². The lowest BCUT2D eigenvalue weighted by Crippen LogP contribution is -2.49. The average molecular weight is 469 g/mol. The van der Waals surface area contributed by atoms with Crippen molar-refractivity contribution in [1.82, 2.24) is 19.7 Å². The summed E-state index contributed by atoms with van der Waals surface area (Å²) in [6.45, 7) is 0.630. The van der Waals surface area contributed by atoms with E-state index in [-0.39, 0.29) is 28.4 Å². The fraction of sp³-hybridized carbons (Fsp3) is 0.476. The summed E-state index contributed by atoms with van der Waals surface area (Å²) in [5, 5.41) is 17.1. The number of nitrogens with zero attached hydrogens (tertiary/aromatic N) is 4. The minimum Gasteiger partial charge on any atom is -0.503 e. The Morgan fingerprint density at radius 2 is 2.00 bits per heavy atom. The lowest BCUT2D eigenvalue weighted by atomic mass is 9.74. The Hall–Kier alpha value is -3.02. The summed E-state index contributed by atoms with van der Waals surface area (Å²) in [6, 6.07) is 0.392. The molecule has 3 aromatic rings. The number of aromatic nitrogens is 4. The third-order valence-electron chi connectivity index (χ3n) is 6.41. The molecule has 0 bridgehead atoms. The second-order valence-electron chi connectivity index (χ2n) is 8.57. The topological polar surface area (TPSA) is 85.1 Å². The van der Waals surface area contributed by atoms with Crippen molar-refractivity contribution in [1.29, 1.82) is 0 Å². The zero-order chi connectivity index (χ0) is 23.5. The molecule has 1 unspecified atom stereocenters. The van der Waals surface area contributed by atoms with Gasteiger partial charge < -0.3 is 15.2 Å². The maximum Gasteiger partial charge on any atom is 0.419 e. The van der Waals surface area contributed by atoms with E-state index in [0.717, 1.165) is 32.1 Å². The fourth-order valence-electron chi connectivity index (χ4n) is 4.56. The number of hydrogen-bond donors (Lipinski definition) is 2. The van der Waals surface area contributed by atoms with E-state index >= 15 is 0 Å². The van der Waals surface area contributed by atoms with Crippen LogP contribution in [0.1, 0.15) is 37.7 Å². The van der Waals surface area contributed by atoms with Crippen LogP contribution >= 0.6 is 0 Å². The minimum atomic E-state index is -5.14. The van der Waals surface area contributed by atoms with E-state index in [1.165, 1.54) is 17.9 Å². The smallest absolute Gasteiger partial charge is 0.419 e.